The molecule has 0 amide bonds. The second kappa shape index (κ2) is 2.06. The summed E-state index contributed by atoms with van der Waals surface area (Å²) < 4.78 is 0. The van der Waals surface area contributed by atoms with Gasteiger partial charge in [-0.3, -0.25) is 0 Å². The van der Waals surface area contributed by atoms with Crippen molar-refractivity contribution in [2.45, 2.75) is 38.6 Å². The topological polar surface area (TPSA) is 12.0 Å². The van der Waals surface area contributed by atoms with Crippen LogP contribution in [0.2, 0.25) is 0 Å². The molecular weight excluding hydrogens is 98.1 g/mol. The molecule has 0 aromatic rings. The van der Waals surface area contributed by atoms with Gasteiger partial charge in [0.2, 0.25) is 0 Å². The van der Waals surface area contributed by atoms with Gasteiger partial charge in [0.25, 0.3) is 0 Å². The van der Waals surface area contributed by atoms with Crippen molar-refractivity contribution in [1.82, 2.24) is 5.32 Å². The number of hydrogen-bond donors (Lipinski definition) is 1. The zero-order valence-corrected chi connectivity index (χ0v) is 5.83. The van der Waals surface area contributed by atoms with Crippen LogP contribution in [0.3, 0.4) is 0 Å². The Balaban J connectivity index is 2.20. The summed E-state index contributed by atoms with van der Waals surface area (Å²) in [7, 11) is 0. The quantitative estimate of drug-likeness (QED) is 0.572. The van der Waals surface area contributed by atoms with Crippen LogP contribution in [0.4, 0.5) is 0 Å². The van der Waals surface area contributed by atoms with Crippen LogP contribution in [-0.4, -0.2) is 12.1 Å². The van der Waals surface area contributed by atoms with Crippen LogP contribution in [-0.2, 0) is 0 Å². The number of hydrogen-bond acceptors (Lipinski definition) is 1. The minimum atomic E-state index is 0.523. The molecule has 1 heteroatoms. The van der Waals surface area contributed by atoms with E-state index in [0.29, 0.717) is 5.54 Å². The fraction of sp³-hybridized carbons (Fsp3) is 1.00. The summed E-state index contributed by atoms with van der Waals surface area (Å²) in [6.45, 7) is 5.60. The Hall–Kier alpha value is -0.0400. The van der Waals surface area contributed by atoms with Gasteiger partial charge in [-0.25, -0.2) is 0 Å². The van der Waals surface area contributed by atoms with Crippen molar-refractivity contribution in [3.63, 3.8) is 0 Å². The second-order valence-corrected chi connectivity index (χ2v) is 2.94. The lowest BCUT2D eigenvalue weighted by atomic mass is 9.79. The van der Waals surface area contributed by atoms with E-state index in [4.69, 9.17) is 0 Å². The zero-order valence-electron chi connectivity index (χ0n) is 5.83. The largest absolute Gasteiger partial charge is 0.312 e. The molecular formula is C7H15N. The molecule has 1 aliphatic rings. The molecule has 0 aliphatic heterocycles. The van der Waals surface area contributed by atoms with Gasteiger partial charge < -0.3 is 5.32 Å². The van der Waals surface area contributed by atoms with Gasteiger partial charge in [-0.05, 0) is 32.7 Å². The van der Waals surface area contributed by atoms with E-state index in [1.165, 1.54) is 19.3 Å². The van der Waals surface area contributed by atoms with Crippen molar-refractivity contribution in [2.24, 2.45) is 0 Å². The molecule has 1 N–H and O–H groups in total. The van der Waals surface area contributed by atoms with E-state index in [9.17, 15) is 0 Å². The molecule has 1 nitrogen and oxygen atoms in total. The maximum absolute atomic E-state index is 3.46. The van der Waals surface area contributed by atoms with E-state index in [2.05, 4.69) is 19.2 Å². The molecule has 8 heavy (non-hydrogen) atoms. The van der Waals surface area contributed by atoms with E-state index >= 15 is 0 Å². The zero-order chi connectivity index (χ0) is 6.04. The lowest BCUT2D eigenvalue weighted by Crippen LogP contribution is -2.47. The normalized spacial score (nSPS) is 24.8. The van der Waals surface area contributed by atoms with Crippen molar-refractivity contribution < 1.29 is 0 Å². The predicted octanol–water partition coefficient (Wildman–Crippen LogP) is 1.54. The van der Waals surface area contributed by atoms with E-state index in [-0.39, 0.29) is 0 Å². The summed E-state index contributed by atoms with van der Waals surface area (Å²) in [6.07, 6.45) is 4.17. The summed E-state index contributed by atoms with van der Waals surface area (Å²) in [5, 5.41) is 3.46. The third kappa shape index (κ3) is 1.03. The molecule has 0 unspecified atom stereocenters. The molecule has 0 heterocycles. The minimum Gasteiger partial charge on any atom is -0.312 e. The Morgan fingerprint density at radius 2 is 2.12 bits per heavy atom. The van der Waals surface area contributed by atoms with E-state index in [1.54, 1.807) is 0 Å². The van der Waals surface area contributed by atoms with E-state index < -0.39 is 0 Å². The molecule has 1 fully saturated rings. The fourth-order valence-corrected chi connectivity index (χ4v) is 1.31. The Bertz CT molecular complexity index is 74.5. The lowest BCUT2D eigenvalue weighted by Gasteiger charge is -2.39. The fourth-order valence-electron chi connectivity index (χ4n) is 1.31. The molecule has 0 saturated heterocycles. The van der Waals surface area contributed by atoms with Crippen LogP contribution >= 0.6 is 0 Å². The second-order valence-electron chi connectivity index (χ2n) is 2.94. The van der Waals surface area contributed by atoms with E-state index in [0.717, 1.165) is 6.54 Å². The Kier molecular flexibility index (Phi) is 1.57. The van der Waals surface area contributed by atoms with Gasteiger partial charge in [-0.1, -0.05) is 6.92 Å². The third-order valence-corrected chi connectivity index (χ3v) is 2.06. The maximum Gasteiger partial charge on any atom is 0.0153 e. The summed E-state index contributed by atoms with van der Waals surface area (Å²) in [6, 6.07) is 0. The SMILES string of the molecule is CCNC1(C)CCC1. The molecule has 0 aromatic carbocycles. The highest BCUT2D eigenvalue weighted by molar-refractivity contribution is 4.90. The highest BCUT2D eigenvalue weighted by atomic mass is 15.0. The number of nitrogens with one attached hydrogen (secondary N) is 1. The molecule has 0 radical (unpaired) electrons. The van der Waals surface area contributed by atoms with E-state index in [1.807, 2.05) is 0 Å². The van der Waals surface area contributed by atoms with Crippen molar-refractivity contribution in [3.05, 3.63) is 0 Å². The van der Waals surface area contributed by atoms with Gasteiger partial charge >= 0.3 is 0 Å². The molecule has 48 valence electrons. The van der Waals surface area contributed by atoms with Crippen molar-refractivity contribution in [3.8, 4) is 0 Å². The Morgan fingerprint density at radius 1 is 1.50 bits per heavy atom. The molecule has 0 aromatic heterocycles. The van der Waals surface area contributed by atoms with Crippen LogP contribution in [0.1, 0.15) is 33.1 Å². The summed E-state index contributed by atoms with van der Waals surface area (Å²) in [5.41, 5.74) is 0.523. The Labute approximate surface area is 51.5 Å². The highest BCUT2D eigenvalue weighted by Gasteiger charge is 2.29. The highest BCUT2D eigenvalue weighted by Crippen LogP contribution is 2.30. The van der Waals surface area contributed by atoms with Gasteiger partial charge in [-0.15, -0.1) is 0 Å². The van der Waals surface area contributed by atoms with Gasteiger partial charge in [0.1, 0.15) is 0 Å². The van der Waals surface area contributed by atoms with Crippen molar-refractivity contribution in [1.29, 1.82) is 0 Å². The first-order chi connectivity index (χ1) is 3.77. The van der Waals surface area contributed by atoms with Crippen molar-refractivity contribution in [2.75, 3.05) is 6.54 Å². The molecule has 0 atom stereocenters. The predicted molar refractivity (Wildman–Crippen MR) is 35.9 cm³/mol. The van der Waals surface area contributed by atoms with Crippen LogP contribution in [0, 0.1) is 0 Å². The number of rotatable bonds is 2. The monoisotopic (exact) mass is 113 g/mol. The molecule has 1 saturated carbocycles. The molecule has 1 rings (SSSR count). The first kappa shape index (κ1) is 6.09. The van der Waals surface area contributed by atoms with Gasteiger partial charge in [0, 0.05) is 5.54 Å². The lowest BCUT2D eigenvalue weighted by molar-refractivity contribution is 0.213. The molecule has 1 aliphatic carbocycles. The van der Waals surface area contributed by atoms with Crippen LogP contribution < -0.4 is 5.32 Å². The first-order valence-corrected chi connectivity index (χ1v) is 3.52. The standard InChI is InChI=1S/C7H15N/c1-3-8-7(2)5-4-6-7/h8H,3-6H2,1-2H3. The Morgan fingerprint density at radius 3 is 2.25 bits per heavy atom. The summed E-state index contributed by atoms with van der Waals surface area (Å²) >= 11 is 0. The van der Waals surface area contributed by atoms with Gasteiger partial charge in [0.05, 0.1) is 0 Å². The van der Waals surface area contributed by atoms with Gasteiger partial charge in [0.15, 0.2) is 0 Å². The maximum atomic E-state index is 3.46. The van der Waals surface area contributed by atoms with Crippen molar-refractivity contribution >= 4 is 0 Å². The van der Waals surface area contributed by atoms with Crippen LogP contribution in [0.25, 0.3) is 0 Å². The average molecular weight is 113 g/mol. The summed E-state index contributed by atoms with van der Waals surface area (Å²) in [4.78, 5) is 0. The minimum absolute atomic E-state index is 0.523. The first-order valence-electron chi connectivity index (χ1n) is 3.52. The van der Waals surface area contributed by atoms with Crippen LogP contribution in [0.5, 0.6) is 0 Å². The smallest absolute Gasteiger partial charge is 0.0153 e. The third-order valence-electron chi connectivity index (χ3n) is 2.06. The average Bonchev–Trinajstić information content (AvgIpc) is 1.64. The molecule has 0 spiro atoms. The summed E-state index contributed by atoms with van der Waals surface area (Å²) in [5.74, 6) is 0. The molecule has 0 bridgehead atoms. The van der Waals surface area contributed by atoms with Gasteiger partial charge in [-0.2, -0.15) is 0 Å². The van der Waals surface area contributed by atoms with Crippen LogP contribution in [0.15, 0.2) is 0 Å².